The molecule has 0 aliphatic carbocycles. The lowest BCUT2D eigenvalue weighted by molar-refractivity contribution is 0.102. The van der Waals surface area contributed by atoms with Crippen LogP contribution in [0.5, 0.6) is 5.75 Å². The Hall–Kier alpha value is -2.93. The Morgan fingerprint density at radius 2 is 2.07 bits per heavy atom. The lowest BCUT2D eigenvalue weighted by Gasteiger charge is -2.26. The van der Waals surface area contributed by atoms with Gasteiger partial charge >= 0.3 is 0 Å². The molecule has 0 fully saturated rings. The van der Waals surface area contributed by atoms with Crippen LogP contribution in [0.4, 0.5) is 14.5 Å². The highest BCUT2D eigenvalue weighted by Crippen LogP contribution is 2.33. The molecule has 1 aliphatic heterocycles. The summed E-state index contributed by atoms with van der Waals surface area (Å²) in [6, 6.07) is 5.86. The molecule has 3 aromatic rings. The summed E-state index contributed by atoms with van der Waals surface area (Å²) in [6.07, 6.45) is 1.21. The second-order valence-electron chi connectivity index (χ2n) is 6.30. The van der Waals surface area contributed by atoms with Crippen LogP contribution in [-0.4, -0.2) is 16.6 Å². The van der Waals surface area contributed by atoms with Gasteiger partial charge in [0.15, 0.2) is 0 Å². The van der Waals surface area contributed by atoms with Crippen LogP contribution in [0.1, 0.15) is 17.3 Å². The van der Waals surface area contributed by atoms with Crippen molar-refractivity contribution in [1.29, 1.82) is 0 Å². The zero-order chi connectivity index (χ0) is 19.3. The fraction of sp³-hybridized carbons (Fsp3) is 0.158. The maximum Gasteiger partial charge on any atom is 0.261 e. The third kappa shape index (κ3) is 2.94. The quantitative estimate of drug-likeness (QED) is 0.720. The average molecular weight is 391 g/mol. The summed E-state index contributed by atoms with van der Waals surface area (Å²) in [5, 5.41) is 2.57. The van der Waals surface area contributed by atoms with Crippen molar-refractivity contribution >= 4 is 34.1 Å². The molecular weight excluding hydrogens is 378 g/mol. The summed E-state index contributed by atoms with van der Waals surface area (Å²) < 4.78 is 34.6. The van der Waals surface area contributed by atoms with Crippen molar-refractivity contribution < 1.29 is 18.3 Å². The Bertz CT molecular complexity index is 1160. The van der Waals surface area contributed by atoms with Gasteiger partial charge in [0.05, 0.1) is 28.2 Å². The number of carbonyl (C=O) groups excluding carboxylic acids is 1. The number of benzene rings is 2. The van der Waals surface area contributed by atoms with Gasteiger partial charge < -0.3 is 14.6 Å². The highest BCUT2D eigenvalue weighted by atomic mass is 35.5. The van der Waals surface area contributed by atoms with Crippen LogP contribution in [0.2, 0.25) is 5.02 Å². The van der Waals surface area contributed by atoms with Gasteiger partial charge in [0, 0.05) is 12.3 Å². The lowest BCUT2D eigenvalue weighted by Crippen LogP contribution is -2.30. The van der Waals surface area contributed by atoms with E-state index in [1.807, 2.05) is 6.92 Å². The first kappa shape index (κ1) is 17.5. The number of nitrogens with one attached hydrogen (secondary N) is 1. The van der Waals surface area contributed by atoms with Crippen LogP contribution in [0.25, 0.3) is 10.9 Å². The number of amides is 1. The topological polar surface area (TPSA) is 60.3 Å². The molecule has 0 unspecified atom stereocenters. The molecule has 1 aliphatic rings. The highest BCUT2D eigenvalue weighted by molar-refractivity contribution is 6.35. The van der Waals surface area contributed by atoms with Crippen LogP contribution < -0.4 is 15.5 Å². The molecule has 1 N–H and O–H groups in total. The van der Waals surface area contributed by atoms with Crippen molar-refractivity contribution in [2.45, 2.75) is 19.6 Å². The van der Waals surface area contributed by atoms with E-state index in [2.05, 4.69) is 5.32 Å². The minimum atomic E-state index is -0.851. The van der Waals surface area contributed by atoms with E-state index in [1.54, 1.807) is 10.6 Å². The smallest absolute Gasteiger partial charge is 0.261 e. The van der Waals surface area contributed by atoms with Gasteiger partial charge in [-0.2, -0.15) is 0 Å². The predicted molar refractivity (Wildman–Crippen MR) is 97.6 cm³/mol. The Morgan fingerprint density at radius 1 is 1.30 bits per heavy atom. The Balaban J connectivity index is 1.87. The largest absolute Gasteiger partial charge is 0.487 e. The molecule has 4 rings (SSSR count). The molecule has 0 spiro atoms. The van der Waals surface area contributed by atoms with Gasteiger partial charge in [-0.05, 0) is 31.2 Å². The molecular formula is C19H13ClF2N2O3. The minimum Gasteiger partial charge on any atom is -0.487 e. The molecule has 5 nitrogen and oxygen atoms in total. The van der Waals surface area contributed by atoms with E-state index in [4.69, 9.17) is 16.3 Å². The van der Waals surface area contributed by atoms with E-state index in [1.165, 1.54) is 12.3 Å². The van der Waals surface area contributed by atoms with E-state index in [-0.39, 0.29) is 27.8 Å². The Kier molecular flexibility index (Phi) is 4.11. The number of rotatable bonds is 2. The van der Waals surface area contributed by atoms with E-state index in [9.17, 15) is 18.4 Å². The molecule has 27 heavy (non-hydrogen) atoms. The molecule has 1 amide bonds. The molecule has 138 valence electrons. The van der Waals surface area contributed by atoms with Crippen molar-refractivity contribution in [2.24, 2.45) is 0 Å². The summed E-state index contributed by atoms with van der Waals surface area (Å²) in [6.45, 7) is 2.25. The molecule has 0 bridgehead atoms. The Morgan fingerprint density at radius 3 is 2.85 bits per heavy atom. The molecule has 0 radical (unpaired) electrons. The molecule has 0 saturated heterocycles. The normalized spacial score (nSPS) is 15.5. The summed E-state index contributed by atoms with van der Waals surface area (Å²) in [5.74, 6) is -1.88. The number of pyridine rings is 1. The lowest BCUT2D eigenvalue weighted by atomic mass is 10.1. The van der Waals surface area contributed by atoms with Gasteiger partial charge in [-0.3, -0.25) is 9.59 Å². The first-order chi connectivity index (χ1) is 12.8. The average Bonchev–Trinajstić information content (AvgIpc) is 2.62. The second-order valence-corrected chi connectivity index (χ2v) is 6.71. The summed E-state index contributed by atoms with van der Waals surface area (Å²) in [7, 11) is 0. The number of ether oxygens (including phenoxy) is 1. The van der Waals surface area contributed by atoms with Crippen LogP contribution in [0, 0.1) is 11.6 Å². The number of halogens is 3. The first-order valence-electron chi connectivity index (χ1n) is 8.14. The van der Waals surface area contributed by atoms with Crippen LogP contribution in [0.3, 0.4) is 0 Å². The van der Waals surface area contributed by atoms with E-state index < -0.39 is 23.0 Å². The van der Waals surface area contributed by atoms with Gasteiger partial charge in [-0.15, -0.1) is 0 Å². The van der Waals surface area contributed by atoms with Gasteiger partial charge in [0.25, 0.3) is 5.91 Å². The highest BCUT2D eigenvalue weighted by Gasteiger charge is 2.25. The van der Waals surface area contributed by atoms with Crippen LogP contribution in [-0.2, 0) is 6.54 Å². The third-order valence-corrected chi connectivity index (χ3v) is 4.65. The van der Waals surface area contributed by atoms with Gasteiger partial charge in [0.1, 0.15) is 29.1 Å². The first-order valence-corrected chi connectivity index (χ1v) is 8.51. The SMILES string of the molecule is C[C@H]1Cn2cc(C(=O)Nc3cc(F)ccc3F)c(=O)c3c(Cl)ccc(c32)O1. The van der Waals surface area contributed by atoms with Crippen molar-refractivity contribution in [1.82, 2.24) is 4.57 Å². The van der Waals surface area contributed by atoms with Crippen molar-refractivity contribution in [2.75, 3.05) is 5.32 Å². The molecule has 8 heteroatoms. The summed E-state index contributed by atoms with van der Waals surface area (Å²) >= 11 is 6.20. The number of hydrogen-bond acceptors (Lipinski definition) is 3. The van der Waals surface area contributed by atoms with Crippen LogP contribution in [0.15, 0.2) is 41.3 Å². The molecule has 2 heterocycles. The van der Waals surface area contributed by atoms with E-state index in [0.717, 1.165) is 18.2 Å². The number of hydrogen-bond donors (Lipinski definition) is 1. The van der Waals surface area contributed by atoms with Crippen LogP contribution >= 0.6 is 11.6 Å². The van der Waals surface area contributed by atoms with Crippen molar-refractivity contribution in [3.63, 3.8) is 0 Å². The number of aromatic nitrogens is 1. The maximum atomic E-state index is 13.8. The standard InChI is InChI=1S/C19H13ClF2N2O3/c1-9-7-24-8-11(19(26)23-14-6-10(21)2-4-13(14)22)18(25)16-12(20)3-5-15(27-9)17(16)24/h2-6,8-9H,7H2,1H3,(H,23,26)/t9-/m0/s1. The van der Waals surface area contributed by atoms with E-state index in [0.29, 0.717) is 17.8 Å². The zero-order valence-electron chi connectivity index (χ0n) is 14.1. The fourth-order valence-electron chi connectivity index (χ4n) is 3.18. The van der Waals surface area contributed by atoms with Crippen molar-refractivity contribution in [3.05, 3.63) is 69.0 Å². The summed E-state index contributed by atoms with van der Waals surface area (Å²) in [4.78, 5) is 25.5. The Labute approximate surface area is 157 Å². The molecule has 0 saturated carbocycles. The maximum absolute atomic E-state index is 13.8. The second kappa shape index (κ2) is 6.35. The minimum absolute atomic E-state index is 0.147. The zero-order valence-corrected chi connectivity index (χ0v) is 14.8. The van der Waals surface area contributed by atoms with Gasteiger partial charge in [-0.25, -0.2) is 8.78 Å². The van der Waals surface area contributed by atoms with Gasteiger partial charge in [-0.1, -0.05) is 11.6 Å². The fourth-order valence-corrected chi connectivity index (χ4v) is 3.42. The van der Waals surface area contributed by atoms with Gasteiger partial charge in [0.2, 0.25) is 5.43 Å². The summed E-state index contributed by atoms with van der Waals surface area (Å²) in [5.41, 5.74) is -0.686. The molecule has 2 aromatic carbocycles. The molecule has 1 atom stereocenters. The number of carbonyl (C=O) groups is 1. The monoisotopic (exact) mass is 390 g/mol. The van der Waals surface area contributed by atoms with E-state index >= 15 is 0 Å². The van der Waals surface area contributed by atoms with Crippen molar-refractivity contribution in [3.8, 4) is 5.75 Å². The number of nitrogens with zero attached hydrogens (tertiary/aromatic N) is 1. The third-order valence-electron chi connectivity index (χ3n) is 4.34. The number of anilines is 1. The predicted octanol–water partition coefficient (Wildman–Crippen LogP) is 3.97. The molecule has 1 aromatic heterocycles.